The molecule has 37 heavy (non-hydrogen) atoms. The molecular formula is C27H25N3O6S. The van der Waals surface area contributed by atoms with Gasteiger partial charge in [-0.15, -0.1) is 4.40 Å². The molecule has 0 bridgehead atoms. The van der Waals surface area contributed by atoms with E-state index in [1.165, 1.54) is 6.07 Å². The topological polar surface area (TPSA) is 106 Å². The van der Waals surface area contributed by atoms with Crippen LogP contribution in [0.2, 0.25) is 0 Å². The second kappa shape index (κ2) is 10.1. The molecule has 3 aromatic carbocycles. The highest BCUT2D eigenvalue weighted by Gasteiger charge is 2.37. The van der Waals surface area contributed by atoms with Crippen molar-refractivity contribution in [2.45, 2.75) is 11.3 Å². The average molecular weight is 520 g/mol. The lowest BCUT2D eigenvalue weighted by molar-refractivity contribution is -0.148. The number of para-hydroxylation sites is 1. The van der Waals surface area contributed by atoms with Gasteiger partial charge >= 0.3 is 5.97 Å². The van der Waals surface area contributed by atoms with E-state index in [1.54, 1.807) is 59.4 Å². The molecule has 1 amide bonds. The number of esters is 1. The van der Waals surface area contributed by atoms with E-state index in [0.717, 1.165) is 0 Å². The van der Waals surface area contributed by atoms with Crippen molar-refractivity contribution >= 4 is 39.1 Å². The second-order valence-electron chi connectivity index (χ2n) is 8.64. The largest absolute Gasteiger partial charge is 0.497 e. The molecule has 1 fully saturated rings. The van der Waals surface area contributed by atoms with Gasteiger partial charge in [-0.1, -0.05) is 30.3 Å². The normalized spacial score (nSPS) is 17.8. The van der Waals surface area contributed by atoms with Gasteiger partial charge in [0.15, 0.2) is 5.84 Å². The van der Waals surface area contributed by atoms with Crippen LogP contribution in [0.4, 0.5) is 11.4 Å². The Balaban J connectivity index is 1.28. The monoisotopic (exact) mass is 519 g/mol. The maximum absolute atomic E-state index is 12.8. The minimum atomic E-state index is -3.82. The fourth-order valence-electron chi connectivity index (χ4n) is 4.48. The van der Waals surface area contributed by atoms with Crippen molar-refractivity contribution in [1.29, 1.82) is 0 Å². The Bertz CT molecular complexity index is 1450. The first-order valence-corrected chi connectivity index (χ1v) is 13.2. The Hall–Kier alpha value is -4.18. The van der Waals surface area contributed by atoms with Gasteiger partial charge in [0.1, 0.15) is 17.3 Å². The predicted octanol–water partition coefficient (Wildman–Crippen LogP) is 3.25. The van der Waals surface area contributed by atoms with Crippen molar-refractivity contribution in [3.05, 3.63) is 84.4 Å². The van der Waals surface area contributed by atoms with Crippen molar-refractivity contribution in [2.24, 2.45) is 10.3 Å². The van der Waals surface area contributed by atoms with E-state index in [-0.39, 0.29) is 42.8 Å². The van der Waals surface area contributed by atoms with E-state index < -0.39 is 21.9 Å². The maximum atomic E-state index is 12.8. The highest BCUT2D eigenvalue weighted by atomic mass is 32.2. The third kappa shape index (κ3) is 4.92. The minimum Gasteiger partial charge on any atom is -0.497 e. The smallest absolute Gasteiger partial charge is 0.311 e. The molecule has 1 saturated heterocycles. The van der Waals surface area contributed by atoms with Gasteiger partial charge in [-0.2, -0.15) is 8.42 Å². The second-order valence-corrected chi connectivity index (χ2v) is 10.2. The third-order valence-corrected chi connectivity index (χ3v) is 7.66. The molecule has 5 rings (SSSR count). The summed E-state index contributed by atoms with van der Waals surface area (Å²) in [5.74, 6) is -0.264. The number of carbonyl (C=O) groups excluding carboxylic acids is 2. The quantitative estimate of drug-likeness (QED) is 0.441. The fourth-order valence-corrected chi connectivity index (χ4v) is 5.69. The van der Waals surface area contributed by atoms with Gasteiger partial charge in [-0.05, 0) is 48.5 Å². The van der Waals surface area contributed by atoms with Crippen LogP contribution in [-0.4, -0.2) is 52.9 Å². The Morgan fingerprint density at radius 2 is 1.73 bits per heavy atom. The molecule has 0 spiro atoms. The van der Waals surface area contributed by atoms with Gasteiger partial charge in [0.05, 0.1) is 19.6 Å². The molecule has 0 saturated carbocycles. The zero-order chi connectivity index (χ0) is 26.0. The van der Waals surface area contributed by atoms with Crippen molar-refractivity contribution in [1.82, 2.24) is 0 Å². The SMILES string of the molecule is COc1ccc(N2CC(C(=O)OCCN(C3=NS(=O)(=O)c4ccccc43)c3ccccc3)CC2=O)cc1. The summed E-state index contributed by atoms with van der Waals surface area (Å²) in [7, 11) is -2.25. The molecule has 0 aliphatic carbocycles. The van der Waals surface area contributed by atoms with E-state index in [4.69, 9.17) is 9.47 Å². The molecule has 0 aromatic heterocycles. The molecule has 2 aliphatic rings. The number of anilines is 2. The molecule has 1 unspecified atom stereocenters. The van der Waals surface area contributed by atoms with E-state index in [2.05, 4.69) is 4.40 Å². The number of rotatable bonds is 7. The summed E-state index contributed by atoms with van der Waals surface area (Å²) >= 11 is 0. The molecule has 2 heterocycles. The van der Waals surface area contributed by atoms with Gasteiger partial charge in [-0.3, -0.25) is 9.59 Å². The van der Waals surface area contributed by atoms with Crippen molar-refractivity contribution in [3.8, 4) is 5.75 Å². The lowest BCUT2D eigenvalue weighted by atomic mass is 10.1. The summed E-state index contributed by atoms with van der Waals surface area (Å²) in [6, 6.07) is 22.9. The number of amidine groups is 1. The number of hydrogen-bond donors (Lipinski definition) is 0. The number of benzene rings is 3. The van der Waals surface area contributed by atoms with Crippen molar-refractivity contribution < 1.29 is 27.5 Å². The number of hydrogen-bond acceptors (Lipinski definition) is 7. The number of sulfonamides is 1. The van der Waals surface area contributed by atoms with E-state index >= 15 is 0 Å². The highest BCUT2D eigenvalue weighted by Crippen LogP contribution is 2.30. The van der Waals surface area contributed by atoms with E-state index in [9.17, 15) is 18.0 Å². The average Bonchev–Trinajstić information content (AvgIpc) is 3.44. The fraction of sp³-hybridized carbons (Fsp3) is 0.222. The number of nitrogens with zero attached hydrogens (tertiary/aromatic N) is 3. The van der Waals surface area contributed by atoms with E-state index in [0.29, 0.717) is 22.7 Å². The molecule has 0 radical (unpaired) electrons. The molecule has 2 aliphatic heterocycles. The molecular weight excluding hydrogens is 494 g/mol. The van der Waals surface area contributed by atoms with Crippen LogP contribution in [0.15, 0.2) is 88.2 Å². The minimum absolute atomic E-state index is 0.0117. The van der Waals surface area contributed by atoms with Crippen LogP contribution in [0, 0.1) is 5.92 Å². The van der Waals surface area contributed by atoms with Gasteiger partial charge in [-0.25, -0.2) is 0 Å². The Labute approximate surface area is 215 Å². The lowest BCUT2D eigenvalue weighted by Gasteiger charge is -2.25. The first-order valence-electron chi connectivity index (χ1n) is 11.8. The van der Waals surface area contributed by atoms with Crippen LogP contribution >= 0.6 is 0 Å². The zero-order valence-electron chi connectivity index (χ0n) is 20.1. The first-order chi connectivity index (χ1) is 17.9. The van der Waals surface area contributed by atoms with Gasteiger partial charge in [0.2, 0.25) is 5.91 Å². The highest BCUT2D eigenvalue weighted by molar-refractivity contribution is 7.90. The lowest BCUT2D eigenvalue weighted by Crippen LogP contribution is -2.35. The molecule has 9 nitrogen and oxygen atoms in total. The predicted molar refractivity (Wildman–Crippen MR) is 138 cm³/mol. The summed E-state index contributed by atoms with van der Waals surface area (Å²) in [4.78, 5) is 28.8. The number of carbonyl (C=O) groups is 2. The third-order valence-electron chi connectivity index (χ3n) is 6.34. The van der Waals surface area contributed by atoms with Crippen LogP contribution in [0.3, 0.4) is 0 Å². The van der Waals surface area contributed by atoms with E-state index in [1.807, 2.05) is 30.3 Å². The zero-order valence-corrected chi connectivity index (χ0v) is 20.9. The molecule has 0 N–H and O–H groups in total. The maximum Gasteiger partial charge on any atom is 0.311 e. The first kappa shape index (κ1) is 24.5. The Kier molecular flexibility index (Phi) is 6.66. The van der Waals surface area contributed by atoms with Gasteiger partial charge in [0, 0.05) is 29.9 Å². The summed E-state index contributed by atoms with van der Waals surface area (Å²) in [5.41, 5.74) is 1.90. The number of fused-ring (bicyclic) bond motifs is 1. The Morgan fingerprint density at radius 1 is 1.03 bits per heavy atom. The van der Waals surface area contributed by atoms with Crippen LogP contribution < -0.4 is 14.5 Å². The summed E-state index contributed by atoms with van der Waals surface area (Å²) in [5, 5.41) is 0. The summed E-state index contributed by atoms with van der Waals surface area (Å²) < 4.78 is 40.0. The summed E-state index contributed by atoms with van der Waals surface area (Å²) in [6.07, 6.45) is 0.0611. The van der Waals surface area contributed by atoms with Crippen molar-refractivity contribution in [3.63, 3.8) is 0 Å². The molecule has 190 valence electrons. The molecule has 1 atom stereocenters. The van der Waals surface area contributed by atoms with Gasteiger partial charge < -0.3 is 19.3 Å². The molecule has 3 aromatic rings. The van der Waals surface area contributed by atoms with Crippen LogP contribution in [-0.2, 0) is 24.3 Å². The van der Waals surface area contributed by atoms with Crippen LogP contribution in [0.25, 0.3) is 0 Å². The molecule has 10 heteroatoms. The Morgan fingerprint density at radius 3 is 2.46 bits per heavy atom. The van der Waals surface area contributed by atoms with Crippen LogP contribution in [0.1, 0.15) is 12.0 Å². The standard InChI is InChI=1S/C27H25N3O6S/c1-35-22-13-11-21(12-14-22)30-18-19(17-25(30)31)27(32)36-16-15-29(20-7-3-2-4-8-20)26-23-9-5-6-10-24(23)37(33,34)28-26/h2-14,19H,15-18H2,1H3. The number of methoxy groups -OCH3 is 1. The summed E-state index contributed by atoms with van der Waals surface area (Å²) in [6.45, 7) is 0.397. The van der Waals surface area contributed by atoms with Crippen molar-refractivity contribution in [2.75, 3.05) is 36.6 Å². The number of ether oxygens (including phenoxy) is 2. The number of amides is 1. The van der Waals surface area contributed by atoms with Crippen LogP contribution in [0.5, 0.6) is 5.75 Å². The van der Waals surface area contributed by atoms with Gasteiger partial charge in [0.25, 0.3) is 10.0 Å².